The summed E-state index contributed by atoms with van der Waals surface area (Å²) in [5, 5.41) is 6.03. The standard InChI is InChI=1S/C15H25N3O2/c1-2-16-15(20)18-12-8-7-10(9-12)13(18)14(19)17-11-5-3-4-6-11/h10-13H,2-9H2,1H3,(H,16,20)(H,17,19)/t10-,12-,13+/m0/s1. The number of hydrogen-bond donors (Lipinski definition) is 2. The van der Waals surface area contributed by atoms with Crippen LogP contribution in [0.25, 0.3) is 0 Å². The van der Waals surface area contributed by atoms with Crippen LogP contribution in [0.3, 0.4) is 0 Å². The Labute approximate surface area is 120 Å². The normalized spacial score (nSPS) is 32.6. The van der Waals surface area contributed by atoms with Crippen molar-refractivity contribution in [2.75, 3.05) is 6.54 Å². The zero-order chi connectivity index (χ0) is 14.1. The lowest BCUT2D eigenvalue weighted by Crippen LogP contribution is -2.56. The minimum Gasteiger partial charge on any atom is -0.352 e. The van der Waals surface area contributed by atoms with Crippen LogP contribution in [-0.4, -0.2) is 41.5 Å². The number of urea groups is 1. The van der Waals surface area contributed by atoms with Gasteiger partial charge in [-0.15, -0.1) is 0 Å². The summed E-state index contributed by atoms with van der Waals surface area (Å²) in [6.45, 7) is 2.53. The monoisotopic (exact) mass is 279 g/mol. The smallest absolute Gasteiger partial charge is 0.318 e. The molecule has 1 aliphatic heterocycles. The van der Waals surface area contributed by atoms with Crippen molar-refractivity contribution in [3.63, 3.8) is 0 Å². The molecule has 0 aromatic rings. The largest absolute Gasteiger partial charge is 0.352 e. The summed E-state index contributed by atoms with van der Waals surface area (Å²) in [7, 11) is 0. The first kappa shape index (κ1) is 13.7. The predicted octanol–water partition coefficient (Wildman–Crippen LogP) is 1.63. The molecule has 1 heterocycles. The third kappa shape index (κ3) is 2.38. The van der Waals surface area contributed by atoms with Gasteiger partial charge < -0.3 is 15.5 Å². The van der Waals surface area contributed by atoms with Crippen LogP contribution < -0.4 is 10.6 Å². The van der Waals surface area contributed by atoms with Crippen LogP contribution in [-0.2, 0) is 4.79 Å². The number of carbonyl (C=O) groups excluding carboxylic acids is 2. The molecule has 3 fully saturated rings. The second-order valence-electron chi connectivity index (χ2n) is 6.40. The zero-order valence-electron chi connectivity index (χ0n) is 12.2. The number of hydrogen-bond acceptors (Lipinski definition) is 2. The Morgan fingerprint density at radius 3 is 2.60 bits per heavy atom. The van der Waals surface area contributed by atoms with Crippen LogP contribution in [0.15, 0.2) is 0 Å². The highest BCUT2D eigenvalue weighted by Crippen LogP contribution is 2.42. The highest BCUT2D eigenvalue weighted by molar-refractivity contribution is 5.88. The van der Waals surface area contributed by atoms with E-state index in [9.17, 15) is 9.59 Å². The molecule has 3 atom stereocenters. The van der Waals surface area contributed by atoms with Crippen molar-refractivity contribution in [3.05, 3.63) is 0 Å². The molecule has 0 unspecified atom stereocenters. The first-order valence-electron chi connectivity index (χ1n) is 8.07. The van der Waals surface area contributed by atoms with Crippen molar-refractivity contribution >= 4 is 11.9 Å². The second-order valence-corrected chi connectivity index (χ2v) is 6.40. The molecule has 1 saturated heterocycles. The van der Waals surface area contributed by atoms with Crippen LogP contribution in [0.2, 0.25) is 0 Å². The summed E-state index contributed by atoms with van der Waals surface area (Å²) >= 11 is 0. The fraction of sp³-hybridized carbons (Fsp3) is 0.867. The van der Waals surface area contributed by atoms with Gasteiger partial charge in [-0.3, -0.25) is 4.79 Å². The van der Waals surface area contributed by atoms with Crippen molar-refractivity contribution in [1.82, 2.24) is 15.5 Å². The van der Waals surface area contributed by atoms with Crippen LogP contribution >= 0.6 is 0 Å². The summed E-state index contributed by atoms with van der Waals surface area (Å²) in [4.78, 5) is 26.6. The summed E-state index contributed by atoms with van der Waals surface area (Å²) in [6.07, 6.45) is 7.74. The van der Waals surface area contributed by atoms with E-state index in [4.69, 9.17) is 0 Å². The van der Waals surface area contributed by atoms with E-state index in [2.05, 4.69) is 10.6 Å². The van der Waals surface area contributed by atoms with E-state index in [1.54, 1.807) is 0 Å². The summed E-state index contributed by atoms with van der Waals surface area (Å²) < 4.78 is 0. The third-order valence-electron chi connectivity index (χ3n) is 5.12. The van der Waals surface area contributed by atoms with Crippen molar-refractivity contribution < 1.29 is 9.59 Å². The molecule has 2 bridgehead atoms. The van der Waals surface area contributed by atoms with Gasteiger partial charge in [-0.1, -0.05) is 12.8 Å². The minimum atomic E-state index is -0.235. The minimum absolute atomic E-state index is 0.0636. The second kappa shape index (κ2) is 5.62. The Bertz CT molecular complexity index is 393. The molecule has 112 valence electrons. The average molecular weight is 279 g/mol. The van der Waals surface area contributed by atoms with Crippen LogP contribution in [0.1, 0.15) is 51.9 Å². The van der Waals surface area contributed by atoms with Crippen molar-refractivity contribution in [2.24, 2.45) is 5.92 Å². The first-order valence-corrected chi connectivity index (χ1v) is 8.07. The number of fused-ring (bicyclic) bond motifs is 2. The van der Waals surface area contributed by atoms with Gasteiger partial charge in [0.1, 0.15) is 6.04 Å². The van der Waals surface area contributed by atoms with Crippen molar-refractivity contribution in [3.8, 4) is 0 Å². The number of nitrogens with zero attached hydrogens (tertiary/aromatic N) is 1. The first-order chi connectivity index (χ1) is 9.70. The third-order valence-corrected chi connectivity index (χ3v) is 5.12. The maximum atomic E-state index is 12.6. The number of nitrogens with one attached hydrogen (secondary N) is 2. The van der Waals surface area contributed by atoms with Gasteiger partial charge in [0.25, 0.3) is 0 Å². The van der Waals surface area contributed by atoms with Gasteiger partial charge in [0.2, 0.25) is 5.91 Å². The highest BCUT2D eigenvalue weighted by atomic mass is 16.2. The molecule has 20 heavy (non-hydrogen) atoms. The van der Waals surface area contributed by atoms with E-state index in [-0.39, 0.29) is 24.0 Å². The topological polar surface area (TPSA) is 61.4 Å². The average Bonchev–Trinajstić information content (AvgIpc) is 3.14. The zero-order valence-corrected chi connectivity index (χ0v) is 12.2. The Morgan fingerprint density at radius 1 is 1.15 bits per heavy atom. The maximum absolute atomic E-state index is 12.6. The molecule has 5 nitrogen and oxygen atoms in total. The van der Waals surface area contributed by atoms with Crippen molar-refractivity contribution in [1.29, 1.82) is 0 Å². The number of carbonyl (C=O) groups is 2. The van der Waals surface area contributed by atoms with Gasteiger partial charge in [0.15, 0.2) is 0 Å². The van der Waals surface area contributed by atoms with Crippen LogP contribution in [0.5, 0.6) is 0 Å². The number of rotatable bonds is 3. The van der Waals surface area contributed by atoms with Crippen LogP contribution in [0.4, 0.5) is 4.79 Å². The Balaban J connectivity index is 1.68. The van der Waals surface area contributed by atoms with Gasteiger partial charge in [-0.05, 0) is 44.9 Å². The molecule has 0 radical (unpaired) electrons. The lowest BCUT2D eigenvalue weighted by Gasteiger charge is -2.34. The molecule has 2 aliphatic carbocycles. The van der Waals surface area contributed by atoms with E-state index in [0.29, 0.717) is 18.5 Å². The van der Waals surface area contributed by atoms with E-state index >= 15 is 0 Å². The van der Waals surface area contributed by atoms with Gasteiger partial charge in [-0.2, -0.15) is 0 Å². The molecule has 0 spiro atoms. The SMILES string of the molecule is CCNC(=O)N1[C@H]2CC[C@@H](C2)[C@@H]1C(=O)NC1CCCC1. The number of likely N-dealkylation sites (tertiary alicyclic amines) is 1. The molecule has 3 amide bonds. The van der Waals surface area contributed by atoms with Gasteiger partial charge in [0, 0.05) is 18.6 Å². The Morgan fingerprint density at radius 2 is 1.90 bits per heavy atom. The lowest BCUT2D eigenvalue weighted by molar-refractivity contribution is -0.127. The molecule has 0 aromatic heterocycles. The molecule has 5 heteroatoms. The predicted molar refractivity (Wildman–Crippen MR) is 76.2 cm³/mol. The van der Waals surface area contributed by atoms with E-state index < -0.39 is 0 Å². The molecule has 0 aromatic carbocycles. The summed E-state index contributed by atoms with van der Waals surface area (Å²) in [5.41, 5.74) is 0. The van der Waals surface area contributed by atoms with E-state index in [0.717, 1.165) is 32.1 Å². The molecule has 3 aliphatic rings. The Kier molecular flexibility index (Phi) is 3.85. The quantitative estimate of drug-likeness (QED) is 0.825. The summed E-state index contributed by atoms with van der Waals surface area (Å²) in [6, 6.07) is 0.302. The number of amides is 3. The fourth-order valence-corrected chi connectivity index (χ4v) is 4.22. The number of piperidine rings is 1. The van der Waals surface area contributed by atoms with E-state index in [1.165, 1.54) is 12.8 Å². The maximum Gasteiger partial charge on any atom is 0.318 e. The molecular weight excluding hydrogens is 254 g/mol. The van der Waals surface area contributed by atoms with Crippen LogP contribution in [0, 0.1) is 5.92 Å². The Hall–Kier alpha value is -1.26. The molecular formula is C15H25N3O2. The van der Waals surface area contributed by atoms with Gasteiger partial charge in [0.05, 0.1) is 0 Å². The molecule has 2 N–H and O–H groups in total. The van der Waals surface area contributed by atoms with E-state index in [1.807, 2.05) is 11.8 Å². The van der Waals surface area contributed by atoms with Gasteiger partial charge in [-0.25, -0.2) is 4.79 Å². The lowest BCUT2D eigenvalue weighted by atomic mass is 9.97. The van der Waals surface area contributed by atoms with Gasteiger partial charge >= 0.3 is 6.03 Å². The fourth-order valence-electron chi connectivity index (χ4n) is 4.22. The molecule has 2 saturated carbocycles. The highest BCUT2D eigenvalue weighted by Gasteiger charge is 2.51. The summed E-state index contributed by atoms with van der Waals surface area (Å²) in [5.74, 6) is 0.444. The molecule has 3 rings (SSSR count). The van der Waals surface area contributed by atoms with Crippen molar-refractivity contribution in [2.45, 2.75) is 70.0 Å².